The number of rotatable bonds is 2. The molecule has 0 aliphatic rings. The van der Waals surface area contributed by atoms with Crippen molar-refractivity contribution in [3.8, 4) is 0 Å². The number of nitrogens with two attached hydrogens (primary N) is 3. The van der Waals surface area contributed by atoms with E-state index >= 15 is 0 Å². The molecule has 0 saturated carbocycles. The summed E-state index contributed by atoms with van der Waals surface area (Å²) >= 11 is 0. The molecular weight excluding hydrogens is 350 g/mol. The van der Waals surface area contributed by atoms with E-state index in [1.165, 1.54) is 12.1 Å². The Labute approximate surface area is 155 Å². The first-order chi connectivity index (χ1) is 12.8. The Morgan fingerprint density at radius 3 is 1.26 bits per heavy atom. The van der Waals surface area contributed by atoms with E-state index < -0.39 is 11.9 Å². The van der Waals surface area contributed by atoms with Gasteiger partial charge in [0.1, 0.15) is 0 Å². The third-order valence-corrected chi connectivity index (χ3v) is 2.97. The van der Waals surface area contributed by atoms with Crippen molar-refractivity contribution in [2.45, 2.75) is 0 Å². The fourth-order valence-corrected chi connectivity index (χ4v) is 1.69. The number of hydrogen-bond acceptors (Lipinski definition) is 7. The molecule has 1 aromatic heterocycles. The molecule has 0 unspecified atom stereocenters. The summed E-state index contributed by atoms with van der Waals surface area (Å²) < 4.78 is 0. The second-order valence-electron chi connectivity index (χ2n) is 4.89. The van der Waals surface area contributed by atoms with Gasteiger partial charge >= 0.3 is 11.9 Å². The number of carboxylic acid groups (broad SMARTS) is 2. The average Bonchev–Trinajstić information content (AvgIpc) is 2.64. The van der Waals surface area contributed by atoms with Gasteiger partial charge in [-0.1, -0.05) is 24.3 Å². The Morgan fingerprint density at radius 2 is 1.04 bits per heavy atom. The maximum absolute atomic E-state index is 10.3. The number of aromatic nitrogens is 2. The van der Waals surface area contributed by atoms with Gasteiger partial charge in [-0.15, -0.1) is 0 Å². The predicted molar refractivity (Wildman–Crippen MR) is 102 cm³/mol. The summed E-state index contributed by atoms with van der Waals surface area (Å²) in [5, 5.41) is 17.0. The Hall–Kier alpha value is -4.14. The molecule has 0 fully saturated rings. The molecule has 0 spiro atoms. The van der Waals surface area contributed by atoms with E-state index in [4.69, 9.17) is 27.4 Å². The van der Waals surface area contributed by atoms with Crippen LogP contribution in [0.15, 0.2) is 67.0 Å². The first-order valence-electron chi connectivity index (χ1n) is 7.51. The molecule has 27 heavy (non-hydrogen) atoms. The molecular formula is C18H19N5O4. The van der Waals surface area contributed by atoms with Crippen molar-refractivity contribution >= 4 is 29.3 Å². The van der Waals surface area contributed by atoms with Crippen LogP contribution in [0.5, 0.6) is 0 Å². The Morgan fingerprint density at radius 1 is 0.667 bits per heavy atom. The first-order valence-corrected chi connectivity index (χ1v) is 7.51. The van der Waals surface area contributed by atoms with Crippen molar-refractivity contribution in [2.24, 2.45) is 0 Å². The van der Waals surface area contributed by atoms with Gasteiger partial charge in [0.05, 0.1) is 11.1 Å². The minimum Gasteiger partial charge on any atom is -0.478 e. The van der Waals surface area contributed by atoms with Gasteiger partial charge in [0, 0.05) is 23.8 Å². The van der Waals surface area contributed by atoms with Gasteiger partial charge < -0.3 is 27.4 Å². The molecule has 0 atom stereocenters. The lowest BCUT2D eigenvalue weighted by atomic mass is 10.2. The normalized spacial score (nSPS) is 9.04. The number of hydrogen-bond donors (Lipinski definition) is 5. The summed E-state index contributed by atoms with van der Waals surface area (Å²) in [7, 11) is 0. The van der Waals surface area contributed by atoms with Crippen molar-refractivity contribution in [2.75, 3.05) is 17.2 Å². The third-order valence-electron chi connectivity index (χ3n) is 2.97. The number of carboxylic acids is 2. The minimum atomic E-state index is -0.988. The van der Waals surface area contributed by atoms with Crippen molar-refractivity contribution in [1.82, 2.24) is 9.97 Å². The number of aromatic carboxylic acids is 2. The van der Waals surface area contributed by atoms with Crippen LogP contribution in [0.25, 0.3) is 0 Å². The maximum atomic E-state index is 10.3. The van der Waals surface area contributed by atoms with Crippen molar-refractivity contribution < 1.29 is 19.8 Å². The lowest BCUT2D eigenvalue weighted by Gasteiger charge is -1.96. The van der Waals surface area contributed by atoms with Crippen LogP contribution in [0.2, 0.25) is 0 Å². The fourth-order valence-electron chi connectivity index (χ4n) is 1.69. The molecule has 0 aliphatic carbocycles. The zero-order valence-electron chi connectivity index (χ0n) is 14.2. The molecule has 0 bridgehead atoms. The SMILES string of the molecule is Nc1ccccc1C(=O)O.Nc1ccccc1C(=O)O.Nc1ncccn1. The summed E-state index contributed by atoms with van der Waals surface area (Å²) in [5.74, 6) is -1.65. The van der Waals surface area contributed by atoms with E-state index in [0.717, 1.165) is 0 Å². The van der Waals surface area contributed by atoms with Crippen LogP contribution in [0.4, 0.5) is 17.3 Å². The maximum Gasteiger partial charge on any atom is 0.337 e. The zero-order chi connectivity index (χ0) is 20.2. The third kappa shape index (κ3) is 7.52. The molecule has 0 saturated heterocycles. The van der Waals surface area contributed by atoms with Gasteiger partial charge in [0.25, 0.3) is 0 Å². The quantitative estimate of drug-likeness (QED) is 0.422. The highest BCUT2D eigenvalue weighted by molar-refractivity contribution is 5.93. The Balaban J connectivity index is 0.000000206. The van der Waals surface area contributed by atoms with Crippen LogP contribution >= 0.6 is 0 Å². The molecule has 0 aliphatic heterocycles. The largest absolute Gasteiger partial charge is 0.478 e. The van der Waals surface area contributed by atoms with E-state index in [0.29, 0.717) is 17.3 Å². The van der Waals surface area contributed by atoms with Crippen LogP contribution < -0.4 is 17.2 Å². The van der Waals surface area contributed by atoms with Gasteiger partial charge in [-0.25, -0.2) is 19.6 Å². The van der Waals surface area contributed by atoms with E-state index in [1.54, 1.807) is 54.9 Å². The summed E-state index contributed by atoms with van der Waals surface area (Å²) in [4.78, 5) is 28.0. The summed E-state index contributed by atoms with van der Waals surface area (Å²) in [6.07, 6.45) is 3.20. The van der Waals surface area contributed by atoms with Gasteiger partial charge in [0.15, 0.2) is 0 Å². The highest BCUT2D eigenvalue weighted by Gasteiger charge is 2.04. The number of benzene rings is 2. The average molecular weight is 369 g/mol. The van der Waals surface area contributed by atoms with E-state index in [2.05, 4.69) is 9.97 Å². The molecule has 9 heteroatoms. The van der Waals surface area contributed by atoms with Crippen molar-refractivity contribution in [1.29, 1.82) is 0 Å². The summed E-state index contributed by atoms with van der Waals surface area (Å²) in [6, 6.07) is 14.4. The molecule has 1 heterocycles. The van der Waals surface area contributed by atoms with Crippen LogP contribution in [0.3, 0.4) is 0 Å². The van der Waals surface area contributed by atoms with Gasteiger partial charge in [0.2, 0.25) is 5.95 Å². The van der Waals surface area contributed by atoms with Crippen LogP contribution in [0.1, 0.15) is 20.7 Å². The van der Waals surface area contributed by atoms with E-state index in [9.17, 15) is 9.59 Å². The number of nitrogens with zero attached hydrogens (tertiary/aromatic N) is 2. The van der Waals surface area contributed by atoms with Crippen LogP contribution in [-0.2, 0) is 0 Å². The first kappa shape index (κ1) is 20.9. The van der Waals surface area contributed by atoms with Crippen molar-refractivity contribution in [3.05, 3.63) is 78.1 Å². The molecule has 2 aromatic carbocycles. The second-order valence-corrected chi connectivity index (χ2v) is 4.89. The predicted octanol–water partition coefficient (Wildman–Crippen LogP) is 1.99. The molecule has 140 valence electrons. The molecule has 0 radical (unpaired) electrons. The highest BCUT2D eigenvalue weighted by Crippen LogP contribution is 2.09. The molecule has 8 N–H and O–H groups in total. The molecule has 0 amide bonds. The van der Waals surface area contributed by atoms with Gasteiger partial charge in [-0.2, -0.15) is 0 Å². The summed E-state index contributed by atoms with van der Waals surface area (Å²) in [5.41, 5.74) is 16.7. The highest BCUT2D eigenvalue weighted by atomic mass is 16.4. The molecule has 3 rings (SSSR count). The van der Waals surface area contributed by atoms with Gasteiger partial charge in [-0.05, 0) is 30.3 Å². The number of carbonyl (C=O) groups is 2. The minimum absolute atomic E-state index is 0.155. The van der Waals surface area contributed by atoms with E-state index in [-0.39, 0.29) is 11.1 Å². The number of para-hydroxylation sites is 2. The van der Waals surface area contributed by atoms with Crippen LogP contribution in [-0.4, -0.2) is 32.1 Å². The lowest BCUT2D eigenvalue weighted by molar-refractivity contribution is 0.0687. The number of nitrogen functional groups attached to an aromatic ring is 3. The smallest absolute Gasteiger partial charge is 0.337 e. The van der Waals surface area contributed by atoms with Gasteiger partial charge in [-0.3, -0.25) is 0 Å². The molecule has 3 aromatic rings. The summed E-state index contributed by atoms with van der Waals surface area (Å²) in [6.45, 7) is 0. The lowest BCUT2D eigenvalue weighted by Crippen LogP contribution is -2.00. The Bertz CT molecular complexity index is 832. The topological polar surface area (TPSA) is 178 Å². The molecule has 9 nitrogen and oxygen atoms in total. The number of anilines is 3. The zero-order valence-corrected chi connectivity index (χ0v) is 14.2. The Kier molecular flexibility index (Phi) is 8.26. The monoisotopic (exact) mass is 369 g/mol. The van der Waals surface area contributed by atoms with E-state index in [1.807, 2.05) is 0 Å². The van der Waals surface area contributed by atoms with Crippen molar-refractivity contribution in [3.63, 3.8) is 0 Å². The second kappa shape index (κ2) is 10.7. The van der Waals surface area contributed by atoms with Crippen LogP contribution in [0, 0.1) is 0 Å². The standard InChI is InChI=1S/2C7H7NO2.C4H5N3/c2*8-6-4-2-1-3-5(6)7(9)10;5-4-6-2-1-3-7-4/h2*1-4H,8H2,(H,9,10);1-3H,(H2,5,6,7). The fraction of sp³-hybridized carbons (Fsp3) is 0.